The number of unbranched alkanes of at least 4 members (excludes halogenated alkanes) is 8. The zero-order valence-corrected chi connectivity index (χ0v) is 15.8. The molecule has 0 aromatic rings. The van der Waals surface area contributed by atoms with Crippen LogP contribution in [0.1, 0.15) is 97.3 Å². The monoisotopic (exact) mass is 345 g/mol. The molecule has 1 aliphatic heterocycles. The molecule has 5 heteroatoms. The third-order valence-electron chi connectivity index (χ3n) is 3.70. The van der Waals surface area contributed by atoms with Gasteiger partial charge in [0.1, 0.15) is 0 Å². The third-order valence-corrected chi connectivity index (χ3v) is 3.70. The standard InChI is InChI=1S/2C8H16O2.C3H7N/c2*1-2-3-4-5-6-7-8(9)10;1-2-4-3-1/h2*2-7H2,1H3,(H,9,10);4H,1-3H2. The van der Waals surface area contributed by atoms with Crippen LogP contribution >= 0.6 is 0 Å². The van der Waals surface area contributed by atoms with Gasteiger partial charge in [0, 0.05) is 12.8 Å². The average Bonchev–Trinajstić information content (AvgIpc) is 2.45. The molecular formula is C19H39NO4. The first-order valence-electron chi connectivity index (χ1n) is 9.68. The van der Waals surface area contributed by atoms with Crippen LogP contribution in [0.3, 0.4) is 0 Å². The van der Waals surface area contributed by atoms with Gasteiger partial charge in [0.2, 0.25) is 0 Å². The molecule has 0 unspecified atom stereocenters. The summed E-state index contributed by atoms with van der Waals surface area (Å²) in [6, 6.07) is 0. The average molecular weight is 346 g/mol. The van der Waals surface area contributed by atoms with Gasteiger partial charge in [-0.3, -0.25) is 9.59 Å². The number of hydrogen-bond donors (Lipinski definition) is 3. The highest BCUT2D eigenvalue weighted by Crippen LogP contribution is 2.04. The Morgan fingerprint density at radius 2 is 1.00 bits per heavy atom. The Morgan fingerprint density at radius 1 is 0.708 bits per heavy atom. The predicted octanol–water partition coefficient (Wildman–Crippen LogP) is 4.84. The maximum Gasteiger partial charge on any atom is 0.303 e. The topological polar surface area (TPSA) is 86.6 Å². The number of aliphatic carboxylic acids is 2. The maximum atomic E-state index is 10.0. The van der Waals surface area contributed by atoms with Gasteiger partial charge in [-0.25, -0.2) is 0 Å². The van der Waals surface area contributed by atoms with E-state index in [2.05, 4.69) is 19.2 Å². The number of carboxylic acids is 2. The van der Waals surface area contributed by atoms with Crippen molar-refractivity contribution in [2.24, 2.45) is 0 Å². The molecule has 0 aromatic carbocycles. The second kappa shape index (κ2) is 21.9. The second-order valence-electron chi connectivity index (χ2n) is 6.22. The second-order valence-corrected chi connectivity index (χ2v) is 6.22. The van der Waals surface area contributed by atoms with Crippen molar-refractivity contribution in [3.8, 4) is 0 Å². The van der Waals surface area contributed by atoms with Gasteiger partial charge in [0.25, 0.3) is 0 Å². The van der Waals surface area contributed by atoms with E-state index in [9.17, 15) is 9.59 Å². The molecule has 0 atom stereocenters. The molecule has 24 heavy (non-hydrogen) atoms. The molecule has 0 spiro atoms. The van der Waals surface area contributed by atoms with Gasteiger partial charge in [-0.15, -0.1) is 0 Å². The molecule has 1 rings (SSSR count). The van der Waals surface area contributed by atoms with E-state index in [1.165, 1.54) is 58.0 Å². The van der Waals surface area contributed by atoms with Crippen molar-refractivity contribution >= 4 is 11.9 Å². The van der Waals surface area contributed by atoms with Crippen molar-refractivity contribution in [3.05, 3.63) is 0 Å². The summed E-state index contributed by atoms with van der Waals surface area (Å²) in [5, 5.41) is 19.7. The predicted molar refractivity (Wildman–Crippen MR) is 99.5 cm³/mol. The lowest BCUT2D eigenvalue weighted by Gasteiger charge is -2.09. The van der Waals surface area contributed by atoms with Crippen LogP contribution in [-0.2, 0) is 9.59 Å². The van der Waals surface area contributed by atoms with E-state index < -0.39 is 11.9 Å². The molecule has 0 bridgehead atoms. The molecule has 1 aliphatic rings. The highest BCUT2D eigenvalue weighted by Gasteiger charge is 1.95. The minimum absolute atomic E-state index is 0.337. The Balaban J connectivity index is 0. The Labute approximate surface area is 148 Å². The lowest BCUT2D eigenvalue weighted by atomic mass is 10.1. The van der Waals surface area contributed by atoms with Gasteiger partial charge in [0.05, 0.1) is 0 Å². The Kier molecular flexibility index (Phi) is 22.9. The van der Waals surface area contributed by atoms with Crippen molar-refractivity contribution < 1.29 is 19.8 Å². The smallest absolute Gasteiger partial charge is 0.303 e. The van der Waals surface area contributed by atoms with Gasteiger partial charge in [-0.05, 0) is 32.4 Å². The lowest BCUT2D eigenvalue weighted by Crippen LogP contribution is -2.29. The van der Waals surface area contributed by atoms with Crippen LogP contribution in [0.25, 0.3) is 0 Å². The molecule has 1 fully saturated rings. The van der Waals surface area contributed by atoms with Crippen molar-refractivity contribution in [2.45, 2.75) is 97.3 Å². The molecule has 3 N–H and O–H groups in total. The van der Waals surface area contributed by atoms with Crippen molar-refractivity contribution in [1.29, 1.82) is 0 Å². The summed E-state index contributed by atoms with van der Waals surface area (Å²) in [5.74, 6) is -1.34. The summed E-state index contributed by atoms with van der Waals surface area (Å²) >= 11 is 0. The van der Waals surface area contributed by atoms with Crippen LogP contribution in [0.2, 0.25) is 0 Å². The number of rotatable bonds is 12. The van der Waals surface area contributed by atoms with Gasteiger partial charge < -0.3 is 15.5 Å². The number of nitrogens with one attached hydrogen (secondary N) is 1. The van der Waals surface area contributed by atoms with Crippen molar-refractivity contribution in [3.63, 3.8) is 0 Å². The summed E-state index contributed by atoms with van der Waals surface area (Å²) in [7, 11) is 0. The number of carboxylic acid groups (broad SMARTS) is 2. The van der Waals surface area contributed by atoms with E-state index in [0.29, 0.717) is 12.8 Å². The maximum absolute atomic E-state index is 10.0. The molecule has 0 saturated carbocycles. The van der Waals surface area contributed by atoms with Crippen LogP contribution in [0.15, 0.2) is 0 Å². The first-order valence-corrected chi connectivity index (χ1v) is 9.68. The van der Waals surface area contributed by atoms with Crippen LogP contribution in [-0.4, -0.2) is 35.2 Å². The number of carbonyl (C=O) groups is 2. The summed E-state index contributed by atoms with van der Waals surface area (Å²) in [6.07, 6.45) is 13.2. The van der Waals surface area contributed by atoms with E-state index in [4.69, 9.17) is 10.2 Å². The van der Waals surface area contributed by atoms with Crippen molar-refractivity contribution in [2.75, 3.05) is 13.1 Å². The van der Waals surface area contributed by atoms with E-state index in [1.54, 1.807) is 0 Å². The first kappa shape index (κ1) is 25.1. The van der Waals surface area contributed by atoms with Gasteiger partial charge in [-0.2, -0.15) is 0 Å². The van der Waals surface area contributed by atoms with Crippen LogP contribution in [0, 0.1) is 0 Å². The zero-order chi connectivity index (χ0) is 18.5. The highest BCUT2D eigenvalue weighted by molar-refractivity contribution is 5.66. The van der Waals surface area contributed by atoms with Gasteiger partial charge in [0.15, 0.2) is 0 Å². The fourth-order valence-electron chi connectivity index (χ4n) is 1.94. The Morgan fingerprint density at radius 3 is 1.21 bits per heavy atom. The molecule has 0 aromatic heterocycles. The van der Waals surface area contributed by atoms with Crippen LogP contribution in [0.5, 0.6) is 0 Å². The minimum atomic E-state index is -0.670. The largest absolute Gasteiger partial charge is 0.481 e. The van der Waals surface area contributed by atoms with E-state index >= 15 is 0 Å². The summed E-state index contributed by atoms with van der Waals surface area (Å²) in [4.78, 5) is 20.1. The number of hydrogen-bond acceptors (Lipinski definition) is 3. The lowest BCUT2D eigenvalue weighted by molar-refractivity contribution is -0.138. The molecule has 0 amide bonds. The van der Waals surface area contributed by atoms with E-state index in [0.717, 1.165) is 25.7 Å². The third kappa shape index (κ3) is 29.0. The molecule has 5 nitrogen and oxygen atoms in total. The SMILES string of the molecule is C1CNC1.CCCCCCCC(=O)O.CCCCCCCC(=O)O. The molecule has 1 saturated heterocycles. The summed E-state index contributed by atoms with van der Waals surface area (Å²) < 4.78 is 0. The molecule has 144 valence electrons. The van der Waals surface area contributed by atoms with E-state index in [-0.39, 0.29) is 0 Å². The minimum Gasteiger partial charge on any atom is -0.481 e. The van der Waals surface area contributed by atoms with Gasteiger partial charge in [-0.1, -0.05) is 65.2 Å². The quantitative estimate of drug-likeness (QED) is 0.440. The first-order chi connectivity index (χ1) is 11.5. The summed E-state index contributed by atoms with van der Waals surface area (Å²) in [6.45, 7) is 6.80. The summed E-state index contributed by atoms with van der Waals surface area (Å²) in [5.41, 5.74) is 0. The fraction of sp³-hybridized carbons (Fsp3) is 0.895. The van der Waals surface area contributed by atoms with Crippen LogP contribution in [0.4, 0.5) is 0 Å². The van der Waals surface area contributed by atoms with Gasteiger partial charge >= 0.3 is 11.9 Å². The molecular weight excluding hydrogens is 306 g/mol. The molecule has 1 heterocycles. The fourth-order valence-corrected chi connectivity index (χ4v) is 1.94. The molecule has 0 aliphatic carbocycles. The van der Waals surface area contributed by atoms with Crippen LogP contribution < -0.4 is 5.32 Å². The van der Waals surface area contributed by atoms with Crippen molar-refractivity contribution in [1.82, 2.24) is 5.32 Å². The Hall–Kier alpha value is -1.10. The highest BCUT2D eigenvalue weighted by atomic mass is 16.4. The molecule has 0 radical (unpaired) electrons. The normalized spacial score (nSPS) is 12.1. The zero-order valence-electron chi connectivity index (χ0n) is 15.8. The van der Waals surface area contributed by atoms with E-state index in [1.807, 2.05) is 0 Å². The Bertz CT molecular complexity index is 251.